The molecule has 4 nitrogen and oxygen atoms in total. The Balaban J connectivity index is 5.08. The fourth-order valence-corrected chi connectivity index (χ4v) is 3.03. The molecule has 0 saturated heterocycles. The zero-order valence-electron chi connectivity index (χ0n) is 15.6. The van der Waals surface area contributed by atoms with Gasteiger partial charge >= 0.3 is 0 Å². The van der Waals surface area contributed by atoms with Gasteiger partial charge in [0.1, 0.15) is 0 Å². The molecular weight excluding hydrogens is 274 g/mol. The van der Waals surface area contributed by atoms with Crippen LogP contribution in [-0.4, -0.2) is 11.7 Å². The number of amidine groups is 1. The monoisotopic (exact) mass is 309 g/mol. The van der Waals surface area contributed by atoms with Gasteiger partial charge in [-0.2, -0.15) is 0 Å². The zero-order chi connectivity index (χ0) is 18.0. The van der Waals surface area contributed by atoms with Crippen LogP contribution < -0.4 is 11.5 Å². The second kappa shape index (κ2) is 6.43. The lowest BCUT2D eigenvalue weighted by molar-refractivity contribution is -0.127. The molecular formula is C18H35N3O. The Labute approximate surface area is 136 Å². The van der Waals surface area contributed by atoms with Gasteiger partial charge in [-0.1, -0.05) is 67.5 Å². The maximum absolute atomic E-state index is 11.5. The molecule has 0 aliphatic heterocycles. The van der Waals surface area contributed by atoms with Gasteiger partial charge in [0.15, 0.2) is 0 Å². The van der Waals surface area contributed by atoms with Crippen LogP contribution in [0.3, 0.4) is 0 Å². The molecule has 0 fully saturated rings. The van der Waals surface area contributed by atoms with Crippen molar-refractivity contribution < 1.29 is 4.79 Å². The number of rotatable bonds is 8. The van der Waals surface area contributed by atoms with Crippen molar-refractivity contribution in [1.82, 2.24) is 0 Å². The van der Waals surface area contributed by atoms with Crippen molar-refractivity contribution in [1.29, 1.82) is 5.41 Å². The molecule has 0 unspecified atom stereocenters. The third-order valence-corrected chi connectivity index (χ3v) is 4.18. The fourth-order valence-electron chi connectivity index (χ4n) is 3.03. The molecule has 4 heteroatoms. The van der Waals surface area contributed by atoms with Crippen LogP contribution in [0.5, 0.6) is 0 Å². The first kappa shape index (κ1) is 20.7. The number of amides is 1. The average Bonchev–Trinajstić information content (AvgIpc) is 2.23. The van der Waals surface area contributed by atoms with Gasteiger partial charge in [0, 0.05) is 10.8 Å². The van der Waals surface area contributed by atoms with E-state index in [-0.39, 0.29) is 28.0 Å². The summed E-state index contributed by atoms with van der Waals surface area (Å²) in [5, 5.41) is 7.70. The van der Waals surface area contributed by atoms with Crippen LogP contribution in [0.25, 0.3) is 0 Å². The van der Waals surface area contributed by atoms with Crippen LogP contribution >= 0.6 is 0 Å². The van der Waals surface area contributed by atoms with Gasteiger partial charge in [-0.3, -0.25) is 10.2 Å². The molecule has 0 aromatic carbocycles. The highest BCUT2D eigenvalue weighted by Crippen LogP contribution is 2.38. The molecule has 0 radical (unpaired) electrons. The first-order valence-corrected chi connectivity index (χ1v) is 7.86. The van der Waals surface area contributed by atoms with Gasteiger partial charge in [-0.25, -0.2) is 0 Å². The van der Waals surface area contributed by atoms with E-state index in [0.29, 0.717) is 6.42 Å². The molecule has 0 heterocycles. The Morgan fingerprint density at radius 1 is 0.818 bits per heavy atom. The molecule has 1 amide bonds. The maximum atomic E-state index is 11.5. The molecule has 5 N–H and O–H groups in total. The quantitative estimate of drug-likeness (QED) is 0.361. The second-order valence-electron chi connectivity index (χ2n) is 9.21. The van der Waals surface area contributed by atoms with Crippen molar-refractivity contribution in [3.63, 3.8) is 0 Å². The lowest BCUT2D eigenvalue weighted by atomic mass is 9.71. The van der Waals surface area contributed by atoms with E-state index in [1.165, 1.54) is 0 Å². The van der Waals surface area contributed by atoms with E-state index in [0.717, 1.165) is 6.42 Å². The molecule has 0 aliphatic rings. The summed E-state index contributed by atoms with van der Waals surface area (Å²) in [6.45, 7) is 16.3. The minimum Gasteiger partial charge on any atom is -0.387 e. The summed E-state index contributed by atoms with van der Waals surface area (Å²) in [6, 6.07) is 0. The van der Waals surface area contributed by atoms with Crippen molar-refractivity contribution in [3.05, 3.63) is 12.2 Å². The van der Waals surface area contributed by atoms with E-state index >= 15 is 0 Å². The summed E-state index contributed by atoms with van der Waals surface area (Å²) in [4.78, 5) is 11.5. The van der Waals surface area contributed by atoms with E-state index < -0.39 is 5.41 Å². The lowest BCUT2D eigenvalue weighted by Gasteiger charge is -2.34. The summed E-state index contributed by atoms with van der Waals surface area (Å²) >= 11 is 0. The Kier molecular flexibility index (Phi) is 6.04. The Hall–Kier alpha value is -1.32. The average molecular weight is 309 g/mol. The largest absolute Gasteiger partial charge is 0.387 e. The van der Waals surface area contributed by atoms with Crippen LogP contribution in [0, 0.1) is 27.1 Å². The predicted octanol–water partition coefficient (Wildman–Crippen LogP) is 3.85. The zero-order valence-corrected chi connectivity index (χ0v) is 15.6. The van der Waals surface area contributed by atoms with E-state index in [1.54, 1.807) is 0 Å². The molecule has 128 valence electrons. The number of allylic oxidation sites excluding steroid dienone is 2. The second-order valence-corrected chi connectivity index (χ2v) is 9.21. The smallest absolute Gasteiger partial charge is 0.223 e. The highest BCUT2D eigenvalue weighted by Gasteiger charge is 2.33. The molecule has 0 spiro atoms. The van der Waals surface area contributed by atoms with Gasteiger partial charge in [0.2, 0.25) is 5.91 Å². The highest BCUT2D eigenvalue weighted by molar-refractivity contribution is 5.82. The predicted molar refractivity (Wildman–Crippen MR) is 94.6 cm³/mol. The summed E-state index contributed by atoms with van der Waals surface area (Å²) < 4.78 is 0. The van der Waals surface area contributed by atoms with Crippen molar-refractivity contribution in [2.75, 3.05) is 0 Å². The van der Waals surface area contributed by atoms with E-state index in [1.807, 2.05) is 27.7 Å². The van der Waals surface area contributed by atoms with E-state index in [9.17, 15) is 4.79 Å². The summed E-state index contributed by atoms with van der Waals surface area (Å²) in [7, 11) is 0. The van der Waals surface area contributed by atoms with Gasteiger partial charge in [0.05, 0.1) is 5.84 Å². The number of nitrogens with one attached hydrogen (secondary N) is 1. The van der Waals surface area contributed by atoms with E-state index in [2.05, 4.69) is 39.8 Å². The number of hydrogen-bond donors (Lipinski definition) is 3. The van der Waals surface area contributed by atoms with Gasteiger partial charge in [-0.05, 0) is 23.7 Å². The topological polar surface area (TPSA) is 93.0 Å². The van der Waals surface area contributed by atoms with Gasteiger partial charge in [0.25, 0.3) is 0 Å². The highest BCUT2D eigenvalue weighted by atomic mass is 16.1. The van der Waals surface area contributed by atoms with Crippen molar-refractivity contribution in [2.24, 2.45) is 33.1 Å². The first-order chi connectivity index (χ1) is 9.51. The SMILES string of the molecule is CC(C)(/C=C/C(C)(C)CC(C)(C)C(N)=O)CC(C)(C)C(=N)N. The van der Waals surface area contributed by atoms with Gasteiger partial charge < -0.3 is 11.5 Å². The van der Waals surface area contributed by atoms with Crippen LogP contribution in [0.2, 0.25) is 0 Å². The summed E-state index contributed by atoms with van der Waals surface area (Å²) in [5.74, 6) is -0.0611. The Morgan fingerprint density at radius 2 is 1.14 bits per heavy atom. The van der Waals surface area contributed by atoms with Gasteiger partial charge in [-0.15, -0.1) is 0 Å². The third kappa shape index (κ3) is 6.63. The maximum Gasteiger partial charge on any atom is 0.223 e. The third-order valence-electron chi connectivity index (χ3n) is 4.18. The molecule has 0 rings (SSSR count). The number of carbonyl (C=O) groups excluding carboxylic acids is 1. The molecule has 22 heavy (non-hydrogen) atoms. The summed E-state index contributed by atoms with van der Waals surface area (Å²) in [5.41, 5.74) is 10.1. The van der Waals surface area contributed by atoms with Crippen molar-refractivity contribution in [3.8, 4) is 0 Å². The minimum absolute atomic E-state index is 0.0801. The molecule has 0 atom stereocenters. The standard InChI is InChI=1S/C18H35N3O/c1-15(2,11-17(5,6)13(19)20)9-10-16(3,4)12-18(7,8)14(21)22/h9-10H,11-12H2,1-8H3,(H3,19,20)(H2,21,22)/b10-9+. The summed E-state index contributed by atoms with van der Waals surface area (Å²) in [6.07, 6.45) is 5.82. The van der Waals surface area contributed by atoms with Crippen LogP contribution in [0.15, 0.2) is 12.2 Å². The minimum atomic E-state index is -0.531. The van der Waals surface area contributed by atoms with Crippen LogP contribution in [0.1, 0.15) is 68.2 Å². The molecule has 0 saturated carbocycles. The number of carbonyl (C=O) groups is 1. The van der Waals surface area contributed by atoms with Crippen LogP contribution in [-0.2, 0) is 4.79 Å². The molecule has 0 aromatic heterocycles. The first-order valence-electron chi connectivity index (χ1n) is 7.86. The normalized spacial score (nSPS) is 14.4. The van der Waals surface area contributed by atoms with Crippen molar-refractivity contribution >= 4 is 11.7 Å². The molecule has 0 bridgehead atoms. The Morgan fingerprint density at radius 3 is 1.41 bits per heavy atom. The number of primary amides is 1. The number of nitrogens with two attached hydrogens (primary N) is 2. The van der Waals surface area contributed by atoms with Crippen molar-refractivity contribution in [2.45, 2.75) is 68.2 Å². The van der Waals surface area contributed by atoms with Crippen LogP contribution in [0.4, 0.5) is 0 Å². The Bertz CT molecular complexity index is 415. The molecule has 0 aromatic rings. The molecule has 0 aliphatic carbocycles. The van der Waals surface area contributed by atoms with E-state index in [4.69, 9.17) is 16.9 Å². The lowest BCUT2D eigenvalue weighted by Crippen LogP contribution is -2.36. The fraction of sp³-hybridized carbons (Fsp3) is 0.778. The number of hydrogen-bond acceptors (Lipinski definition) is 2.